The summed E-state index contributed by atoms with van der Waals surface area (Å²) < 4.78 is 0. The minimum absolute atomic E-state index is 0.533. The van der Waals surface area contributed by atoms with Crippen LogP contribution in [0.1, 0.15) is 73.1 Å². The molecule has 0 radical (unpaired) electrons. The van der Waals surface area contributed by atoms with E-state index in [1.165, 1.54) is 55.2 Å². The third kappa shape index (κ3) is 5.31. The topological polar surface area (TPSA) is 0 Å². The summed E-state index contributed by atoms with van der Waals surface area (Å²) in [5.41, 5.74) is 4.28. The van der Waals surface area contributed by atoms with Crippen LogP contribution in [-0.4, -0.2) is 0 Å². The zero-order valence-corrected chi connectivity index (χ0v) is 14.3. The molecule has 1 aliphatic rings. The van der Waals surface area contributed by atoms with Gasteiger partial charge in [-0.1, -0.05) is 68.6 Å². The second-order valence-electron chi connectivity index (χ2n) is 6.89. The first-order valence-electron chi connectivity index (χ1n) is 8.46. The summed E-state index contributed by atoms with van der Waals surface area (Å²) in [5.74, 6) is 2.22. The molecule has 0 amide bonds. The van der Waals surface area contributed by atoms with E-state index in [0.717, 1.165) is 11.8 Å². The van der Waals surface area contributed by atoms with Crippen molar-refractivity contribution in [3.05, 3.63) is 35.5 Å². The summed E-state index contributed by atoms with van der Waals surface area (Å²) in [6, 6.07) is 0. The normalized spacial score (nSPS) is 25.2. The van der Waals surface area contributed by atoms with Crippen molar-refractivity contribution in [1.29, 1.82) is 0 Å². The standard InChI is InChI=1S/C20H34/c1-7-19-9-8-10-20(14-13-19)17(5)12-11-16(4)18(6)15(2)3/h11-12,16,19-20H,5,7-10,13-14H2,1-4,6H3. The molecule has 1 aliphatic carbocycles. The first kappa shape index (κ1) is 17.3. The Morgan fingerprint density at radius 1 is 1.15 bits per heavy atom. The fourth-order valence-corrected chi connectivity index (χ4v) is 3.16. The summed E-state index contributed by atoms with van der Waals surface area (Å²) in [5, 5.41) is 0. The highest BCUT2D eigenvalue weighted by Gasteiger charge is 2.18. The van der Waals surface area contributed by atoms with Crippen molar-refractivity contribution in [3.63, 3.8) is 0 Å². The molecule has 0 aliphatic heterocycles. The fourth-order valence-electron chi connectivity index (χ4n) is 3.16. The summed E-state index contributed by atoms with van der Waals surface area (Å²) in [7, 11) is 0. The minimum Gasteiger partial charge on any atom is -0.0956 e. The first-order chi connectivity index (χ1) is 9.45. The lowest BCUT2D eigenvalue weighted by Crippen LogP contribution is -2.02. The molecule has 0 aromatic carbocycles. The van der Waals surface area contributed by atoms with E-state index in [9.17, 15) is 0 Å². The lowest BCUT2D eigenvalue weighted by atomic mass is 9.90. The van der Waals surface area contributed by atoms with Crippen LogP contribution in [0.5, 0.6) is 0 Å². The van der Waals surface area contributed by atoms with Crippen LogP contribution in [0.3, 0.4) is 0 Å². The molecule has 0 heterocycles. The second-order valence-corrected chi connectivity index (χ2v) is 6.89. The van der Waals surface area contributed by atoms with E-state index in [2.05, 4.69) is 53.3 Å². The van der Waals surface area contributed by atoms with E-state index in [4.69, 9.17) is 0 Å². The van der Waals surface area contributed by atoms with Gasteiger partial charge in [-0.05, 0) is 57.8 Å². The van der Waals surface area contributed by atoms with Gasteiger partial charge < -0.3 is 0 Å². The number of rotatable bonds is 5. The van der Waals surface area contributed by atoms with Crippen molar-refractivity contribution in [2.75, 3.05) is 0 Å². The van der Waals surface area contributed by atoms with Gasteiger partial charge in [-0.25, -0.2) is 0 Å². The monoisotopic (exact) mass is 274 g/mol. The van der Waals surface area contributed by atoms with Gasteiger partial charge in [0.05, 0.1) is 0 Å². The van der Waals surface area contributed by atoms with Crippen LogP contribution in [0.2, 0.25) is 0 Å². The quantitative estimate of drug-likeness (QED) is 0.297. The summed E-state index contributed by atoms with van der Waals surface area (Å²) >= 11 is 0. The Bertz CT molecular complexity index is 365. The van der Waals surface area contributed by atoms with Crippen LogP contribution in [0, 0.1) is 17.8 Å². The number of hydrogen-bond donors (Lipinski definition) is 0. The minimum atomic E-state index is 0.533. The van der Waals surface area contributed by atoms with Gasteiger partial charge in [-0.2, -0.15) is 0 Å². The van der Waals surface area contributed by atoms with Gasteiger partial charge in [0.25, 0.3) is 0 Å². The molecule has 1 fully saturated rings. The average molecular weight is 274 g/mol. The van der Waals surface area contributed by atoms with Gasteiger partial charge in [0.2, 0.25) is 0 Å². The van der Waals surface area contributed by atoms with Crippen molar-refractivity contribution in [1.82, 2.24) is 0 Å². The van der Waals surface area contributed by atoms with Crippen LogP contribution in [0.25, 0.3) is 0 Å². The molecule has 0 N–H and O–H groups in total. The molecule has 3 unspecified atom stereocenters. The maximum Gasteiger partial charge on any atom is -0.00487 e. The van der Waals surface area contributed by atoms with Crippen LogP contribution >= 0.6 is 0 Å². The van der Waals surface area contributed by atoms with Crippen molar-refractivity contribution in [2.45, 2.75) is 73.1 Å². The molecule has 0 aromatic heterocycles. The zero-order chi connectivity index (χ0) is 15.1. The maximum absolute atomic E-state index is 4.34. The third-order valence-electron chi connectivity index (χ3n) is 5.26. The van der Waals surface area contributed by atoms with Crippen LogP contribution in [-0.2, 0) is 0 Å². The van der Waals surface area contributed by atoms with Crippen LogP contribution < -0.4 is 0 Å². The predicted molar refractivity (Wildman–Crippen MR) is 91.8 cm³/mol. The Morgan fingerprint density at radius 3 is 2.45 bits per heavy atom. The molecular weight excluding hydrogens is 240 g/mol. The summed E-state index contributed by atoms with van der Waals surface area (Å²) in [4.78, 5) is 0. The lowest BCUT2D eigenvalue weighted by Gasteiger charge is -2.16. The van der Waals surface area contributed by atoms with Crippen molar-refractivity contribution < 1.29 is 0 Å². The second kappa shape index (κ2) is 8.49. The Hall–Kier alpha value is -0.780. The van der Waals surface area contributed by atoms with Gasteiger partial charge in [-0.15, -0.1) is 0 Å². The summed E-state index contributed by atoms with van der Waals surface area (Å²) in [6.45, 7) is 15.6. The molecule has 0 heteroatoms. The van der Waals surface area contributed by atoms with Gasteiger partial charge in [0, 0.05) is 0 Å². The van der Waals surface area contributed by atoms with E-state index < -0.39 is 0 Å². The number of hydrogen-bond acceptors (Lipinski definition) is 0. The maximum atomic E-state index is 4.34. The molecule has 0 saturated heterocycles. The number of allylic oxidation sites excluding steroid dienone is 5. The first-order valence-corrected chi connectivity index (χ1v) is 8.46. The zero-order valence-electron chi connectivity index (χ0n) is 14.3. The molecule has 20 heavy (non-hydrogen) atoms. The van der Waals surface area contributed by atoms with Crippen LogP contribution in [0.4, 0.5) is 0 Å². The Morgan fingerprint density at radius 2 is 1.85 bits per heavy atom. The van der Waals surface area contributed by atoms with Crippen molar-refractivity contribution in [3.8, 4) is 0 Å². The van der Waals surface area contributed by atoms with E-state index >= 15 is 0 Å². The van der Waals surface area contributed by atoms with Crippen molar-refractivity contribution >= 4 is 0 Å². The molecule has 0 aromatic rings. The van der Waals surface area contributed by atoms with Gasteiger partial charge in [0.15, 0.2) is 0 Å². The lowest BCUT2D eigenvalue weighted by molar-refractivity contribution is 0.439. The highest BCUT2D eigenvalue weighted by molar-refractivity contribution is 5.23. The smallest absolute Gasteiger partial charge is 0.00487 e. The average Bonchev–Trinajstić information content (AvgIpc) is 2.68. The molecule has 0 bridgehead atoms. The van der Waals surface area contributed by atoms with Gasteiger partial charge >= 0.3 is 0 Å². The largest absolute Gasteiger partial charge is 0.0956 e. The highest BCUT2D eigenvalue weighted by atomic mass is 14.2. The Labute approximate surface area is 127 Å². The van der Waals surface area contributed by atoms with Gasteiger partial charge in [-0.3, -0.25) is 0 Å². The fraction of sp³-hybridized carbons (Fsp3) is 0.700. The van der Waals surface area contributed by atoms with E-state index in [1.54, 1.807) is 0 Å². The Balaban J connectivity index is 2.56. The molecule has 0 nitrogen and oxygen atoms in total. The SMILES string of the molecule is C=C(C=CC(C)C(C)=C(C)C)C1CCCC(CC)CC1. The van der Waals surface area contributed by atoms with Gasteiger partial charge in [0.1, 0.15) is 0 Å². The van der Waals surface area contributed by atoms with E-state index in [1.807, 2.05) is 0 Å². The Kier molecular flexibility index (Phi) is 7.34. The molecular formula is C20H34. The van der Waals surface area contributed by atoms with E-state index in [0.29, 0.717) is 5.92 Å². The van der Waals surface area contributed by atoms with Crippen LogP contribution in [0.15, 0.2) is 35.5 Å². The highest BCUT2D eigenvalue weighted by Crippen LogP contribution is 2.33. The molecule has 0 spiro atoms. The molecule has 114 valence electrons. The summed E-state index contributed by atoms with van der Waals surface area (Å²) in [6.07, 6.45) is 12.9. The molecule has 3 atom stereocenters. The van der Waals surface area contributed by atoms with E-state index in [-0.39, 0.29) is 0 Å². The predicted octanol–water partition coefficient (Wildman–Crippen LogP) is 6.70. The third-order valence-corrected chi connectivity index (χ3v) is 5.26. The molecule has 1 saturated carbocycles. The molecule has 1 rings (SSSR count). The van der Waals surface area contributed by atoms with Crippen molar-refractivity contribution in [2.24, 2.45) is 17.8 Å².